The summed E-state index contributed by atoms with van der Waals surface area (Å²) in [6, 6.07) is 61.6. The van der Waals surface area contributed by atoms with Crippen LogP contribution in [0.2, 0.25) is 0 Å². The maximum atomic E-state index is 6.49. The summed E-state index contributed by atoms with van der Waals surface area (Å²) < 4.78 is 6.49. The summed E-state index contributed by atoms with van der Waals surface area (Å²) in [6.45, 7) is 0. The largest absolute Gasteiger partial charge is 0.455 e. The van der Waals surface area contributed by atoms with Gasteiger partial charge in [-0.2, -0.15) is 0 Å². The van der Waals surface area contributed by atoms with Crippen LogP contribution < -0.4 is 0 Å². The molecule has 1 aromatic heterocycles. The van der Waals surface area contributed by atoms with Crippen molar-refractivity contribution in [3.8, 4) is 33.4 Å². The first-order valence-electron chi connectivity index (χ1n) is 16.2. The molecule has 0 radical (unpaired) electrons. The minimum atomic E-state index is 0.918. The molecule has 47 heavy (non-hydrogen) atoms. The molecule has 0 N–H and O–H groups in total. The number of para-hydroxylation sites is 1. The van der Waals surface area contributed by atoms with Gasteiger partial charge in [-0.25, -0.2) is 0 Å². The molecule has 9 aromatic carbocycles. The van der Waals surface area contributed by atoms with E-state index in [2.05, 4.69) is 164 Å². The second-order valence-corrected chi connectivity index (χ2v) is 12.4. The van der Waals surface area contributed by atoms with E-state index in [1.807, 2.05) is 6.07 Å². The predicted molar refractivity (Wildman–Crippen MR) is 200 cm³/mol. The third-order valence-electron chi connectivity index (χ3n) is 9.84. The van der Waals surface area contributed by atoms with Gasteiger partial charge in [-0.1, -0.05) is 152 Å². The van der Waals surface area contributed by atoms with Gasteiger partial charge in [0.2, 0.25) is 0 Å². The molecule has 0 fully saturated rings. The molecule has 0 saturated carbocycles. The van der Waals surface area contributed by atoms with Crippen molar-refractivity contribution in [1.82, 2.24) is 0 Å². The van der Waals surface area contributed by atoms with Crippen molar-refractivity contribution in [1.29, 1.82) is 0 Å². The summed E-state index contributed by atoms with van der Waals surface area (Å²) in [7, 11) is 0. The Morgan fingerprint density at radius 3 is 1.57 bits per heavy atom. The smallest absolute Gasteiger partial charge is 0.143 e. The minimum absolute atomic E-state index is 0.918. The highest BCUT2D eigenvalue weighted by molar-refractivity contribution is 6.28. The lowest BCUT2D eigenvalue weighted by Gasteiger charge is -2.20. The number of hydrogen-bond acceptors (Lipinski definition) is 1. The van der Waals surface area contributed by atoms with E-state index in [-0.39, 0.29) is 0 Å². The van der Waals surface area contributed by atoms with Crippen LogP contribution >= 0.6 is 0 Å². The fourth-order valence-electron chi connectivity index (χ4n) is 7.77. The first-order chi connectivity index (χ1) is 23.3. The standard InChI is InChI=1S/C46H28O/c1-2-13-29(14-3-1)30-25-26-32-31(27-30)15-12-23-35(32)44-36-18-5-7-20-38(36)45(39-21-8-6-19-37(39)44)41-28-42-34-17-10-11-24-43(34)47-46(42)40-22-9-4-16-33(40)41/h1-28H. The first-order valence-corrected chi connectivity index (χ1v) is 16.2. The Kier molecular flexibility index (Phi) is 5.64. The van der Waals surface area contributed by atoms with Gasteiger partial charge in [-0.15, -0.1) is 0 Å². The molecule has 10 rings (SSSR count). The Morgan fingerprint density at radius 1 is 0.298 bits per heavy atom. The highest BCUT2D eigenvalue weighted by Gasteiger charge is 2.21. The number of hydrogen-bond donors (Lipinski definition) is 0. The second kappa shape index (κ2) is 10.2. The molecule has 0 unspecified atom stereocenters. The number of rotatable bonds is 3. The van der Waals surface area contributed by atoms with Crippen LogP contribution in [0.5, 0.6) is 0 Å². The SMILES string of the molecule is c1ccc(-c2ccc3c(-c4c5ccccc5c(-c5cc6c7ccccc7oc6c6ccccc56)c5ccccc45)cccc3c2)cc1. The quantitative estimate of drug-likeness (QED) is 0.185. The van der Waals surface area contributed by atoms with Crippen LogP contribution in [0.3, 0.4) is 0 Å². The van der Waals surface area contributed by atoms with Gasteiger partial charge in [0.05, 0.1) is 0 Å². The Balaban J connectivity index is 1.32. The van der Waals surface area contributed by atoms with E-state index < -0.39 is 0 Å². The van der Waals surface area contributed by atoms with E-state index >= 15 is 0 Å². The lowest BCUT2D eigenvalue weighted by molar-refractivity contribution is 0.672. The Labute approximate surface area is 271 Å². The highest BCUT2D eigenvalue weighted by Crippen LogP contribution is 2.48. The normalized spacial score (nSPS) is 11.8. The number of benzene rings is 9. The summed E-state index contributed by atoms with van der Waals surface area (Å²) in [4.78, 5) is 0. The predicted octanol–water partition coefficient (Wildman–Crippen LogP) is 13.2. The zero-order chi connectivity index (χ0) is 30.9. The van der Waals surface area contributed by atoms with Gasteiger partial charge in [0.25, 0.3) is 0 Å². The molecule has 0 aliphatic rings. The maximum absolute atomic E-state index is 6.49. The van der Waals surface area contributed by atoms with Gasteiger partial charge < -0.3 is 4.42 Å². The molecular weight excluding hydrogens is 569 g/mol. The Morgan fingerprint density at radius 2 is 0.872 bits per heavy atom. The monoisotopic (exact) mass is 596 g/mol. The van der Waals surface area contributed by atoms with Crippen molar-refractivity contribution >= 4 is 65.0 Å². The lowest BCUT2D eigenvalue weighted by atomic mass is 9.83. The summed E-state index contributed by atoms with van der Waals surface area (Å²) >= 11 is 0. The first kappa shape index (κ1) is 26.1. The van der Waals surface area contributed by atoms with E-state index in [1.54, 1.807) is 0 Å². The van der Waals surface area contributed by atoms with Crippen LogP contribution in [-0.4, -0.2) is 0 Å². The van der Waals surface area contributed by atoms with Gasteiger partial charge in [0, 0.05) is 16.2 Å². The molecule has 0 amide bonds. The summed E-state index contributed by atoms with van der Waals surface area (Å²) in [5.74, 6) is 0. The Hall–Kier alpha value is -6.18. The lowest BCUT2D eigenvalue weighted by Crippen LogP contribution is -1.92. The van der Waals surface area contributed by atoms with E-state index in [9.17, 15) is 0 Å². The summed E-state index contributed by atoms with van der Waals surface area (Å²) in [6.07, 6.45) is 0. The van der Waals surface area contributed by atoms with Crippen molar-refractivity contribution < 1.29 is 4.42 Å². The highest BCUT2D eigenvalue weighted by atomic mass is 16.3. The van der Waals surface area contributed by atoms with Gasteiger partial charge in [0.15, 0.2) is 0 Å². The average molecular weight is 597 g/mol. The topological polar surface area (TPSA) is 13.1 Å². The average Bonchev–Trinajstić information content (AvgIpc) is 3.52. The molecular formula is C46H28O. The Bertz CT molecular complexity index is 2780. The van der Waals surface area contributed by atoms with Crippen LogP contribution in [0.15, 0.2) is 174 Å². The van der Waals surface area contributed by atoms with Crippen LogP contribution in [0.4, 0.5) is 0 Å². The molecule has 1 heteroatoms. The van der Waals surface area contributed by atoms with Crippen molar-refractivity contribution in [2.45, 2.75) is 0 Å². The van der Waals surface area contributed by atoms with Gasteiger partial charge in [-0.3, -0.25) is 0 Å². The van der Waals surface area contributed by atoms with Crippen LogP contribution in [0, 0.1) is 0 Å². The van der Waals surface area contributed by atoms with Gasteiger partial charge in [0.1, 0.15) is 11.2 Å². The van der Waals surface area contributed by atoms with Crippen LogP contribution in [0.25, 0.3) is 98.4 Å². The van der Waals surface area contributed by atoms with E-state index in [1.165, 1.54) is 71.1 Å². The zero-order valence-electron chi connectivity index (χ0n) is 25.6. The second-order valence-electron chi connectivity index (χ2n) is 12.4. The minimum Gasteiger partial charge on any atom is -0.455 e. The third-order valence-corrected chi connectivity index (χ3v) is 9.84. The summed E-state index contributed by atoms with van der Waals surface area (Å²) in [5, 5.41) is 12.1. The van der Waals surface area contributed by atoms with E-state index in [4.69, 9.17) is 4.42 Å². The van der Waals surface area contributed by atoms with E-state index in [0.29, 0.717) is 0 Å². The van der Waals surface area contributed by atoms with Gasteiger partial charge >= 0.3 is 0 Å². The van der Waals surface area contributed by atoms with Gasteiger partial charge in [-0.05, 0) is 89.3 Å². The van der Waals surface area contributed by atoms with E-state index in [0.717, 1.165) is 27.3 Å². The molecule has 1 nitrogen and oxygen atoms in total. The molecule has 10 aromatic rings. The third kappa shape index (κ3) is 3.90. The molecule has 0 atom stereocenters. The number of fused-ring (bicyclic) bond motifs is 8. The van der Waals surface area contributed by atoms with Crippen molar-refractivity contribution in [2.24, 2.45) is 0 Å². The number of furan rings is 1. The van der Waals surface area contributed by atoms with Crippen molar-refractivity contribution in [3.05, 3.63) is 170 Å². The molecule has 0 bridgehead atoms. The summed E-state index contributed by atoms with van der Waals surface area (Å²) in [5.41, 5.74) is 9.34. The fourth-order valence-corrected chi connectivity index (χ4v) is 7.77. The molecule has 0 spiro atoms. The van der Waals surface area contributed by atoms with Crippen LogP contribution in [-0.2, 0) is 0 Å². The molecule has 0 saturated heterocycles. The molecule has 218 valence electrons. The zero-order valence-corrected chi connectivity index (χ0v) is 25.6. The van der Waals surface area contributed by atoms with Crippen molar-refractivity contribution in [2.75, 3.05) is 0 Å². The maximum Gasteiger partial charge on any atom is 0.143 e. The van der Waals surface area contributed by atoms with Crippen LogP contribution in [0.1, 0.15) is 0 Å². The molecule has 0 aliphatic heterocycles. The van der Waals surface area contributed by atoms with Crippen molar-refractivity contribution in [3.63, 3.8) is 0 Å². The molecule has 1 heterocycles. The fraction of sp³-hybridized carbons (Fsp3) is 0. The molecule has 0 aliphatic carbocycles.